The van der Waals surface area contributed by atoms with Gasteiger partial charge in [-0.25, -0.2) is 0 Å². The molecule has 0 spiro atoms. The van der Waals surface area contributed by atoms with Crippen LogP contribution in [0.3, 0.4) is 0 Å². The quantitative estimate of drug-likeness (QED) is 0.855. The summed E-state index contributed by atoms with van der Waals surface area (Å²) in [6.07, 6.45) is 2.42. The van der Waals surface area contributed by atoms with E-state index < -0.39 is 0 Å². The van der Waals surface area contributed by atoms with Gasteiger partial charge in [-0.1, -0.05) is 44.9 Å². The van der Waals surface area contributed by atoms with Gasteiger partial charge >= 0.3 is 0 Å². The number of nitrogens with zero attached hydrogens (tertiary/aromatic N) is 2. The monoisotopic (exact) mass is 287 g/mol. The van der Waals surface area contributed by atoms with Gasteiger partial charge in [0.1, 0.15) is 0 Å². The Morgan fingerprint density at radius 2 is 1.81 bits per heavy atom. The lowest BCUT2D eigenvalue weighted by atomic mass is 10.0. The van der Waals surface area contributed by atoms with Gasteiger partial charge in [-0.15, -0.1) is 0 Å². The molecule has 0 unspecified atom stereocenters. The fraction of sp³-hybridized carbons (Fsp3) is 0.611. The lowest BCUT2D eigenvalue weighted by Crippen LogP contribution is -2.35. The van der Waals surface area contributed by atoms with Gasteiger partial charge in [-0.3, -0.25) is 4.68 Å². The van der Waals surface area contributed by atoms with E-state index in [1.165, 1.54) is 23.7 Å². The number of fused-ring (bicyclic) bond motifs is 1. The Balaban J connectivity index is 2.30. The molecule has 116 valence electrons. The van der Waals surface area contributed by atoms with Crippen molar-refractivity contribution in [1.29, 1.82) is 0 Å². The second kappa shape index (κ2) is 6.61. The summed E-state index contributed by atoms with van der Waals surface area (Å²) < 4.78 is 2.20. The second-order valence-electron chi connectivity index (χ2n) is 6.93. The Morgan fingerprint density at radius 1 is 1.14 bits per heavy atom. The maximum Gasteiger partial charge on any atom is 0.0841 e. The first-order valence-corrected chi connectivity index (χ1v) is 8.14. The summed E-state index contributed by atoms with van der Waals surface area (Å²) in [5.74, 6) is 0.705. The molecule has 1 aromatic carbocycles. The zero-order valence-electron chi connectivity index (χ0n) is 14.1. The van der Waals surface area contributed by atoms with Crippen LogP contribution in [0.25, 0.3) is 10.9 Å². The highest BCUT2D eigenvalue weighted by Crippen LogP contribution is 2.21. The molecule has 1 N–H and O–H groups in total. The normalized spacial score (nSPS) is 12.5. The molecule has 1 heterocycles. The van der Waals surface area contributed by atoms with Crippen molar-refractivity contribution >= 4 is 10.9 Å². The summed E-state index contributed by atoms with van der Waals surface area (Å²) >= 11 is 0. The molecule has 0 amide bonds. The first-order chi connectivity index (χ1) is 9.94. The molecule has 0 aliphatic heterocycles. The number of benzene rings is 1. The van der Waals surface area contributed by atoms with Crippen molar-refractivity contribution in [2.75, 3.05) is 0 Å². The Bertz CT molecular complexity index is 574. The predicted octanol–water partition coefficient (Wildman–Crippen LogP) is 4.36. The lowest BCUT2D eigenvalue weighted by Gasteiger charge is -2.19. The van der Waals surface area contributed by atoms with Gasteiger partial charge in [0.2, 0.25) is 0 Å². The van der Waals surface area contributed by atoms with Crippen LogP contribution in [0.1, 0.15) is 53.2 Å². The molecule has 0 saturated carbocycles. The molecule has 2 aromatic rings. The van der Waals surface area contributed by atoms with Crippen molar-refractivity contribution in [2.45, 2.75) is 66.1 Å². The van der Waals surface area contributed by atoms with Gasteiger partial charge < -0.3 is 5.32 Å². The van der Waals surface area contributed by atoms with Gasteiger partial charge in [0.05, 0.1) is 11.2 Å². The van der Waals surface area contributed by atoms with Crippen LogP contribution in [0.2, 0.25) is 0 Å². The molecule has 0 saturated heterocycles. The summed E-state index contributed by atoms with van der Waals surface area (Å²) in [6.45, 7) is 12.9. The highest BCUT2D eigenvalue weighted by Gasteiger charge is 2.15. The van der Waals surface area contributed by atoms with Crippen molar-refractivity contribution < 1.29 is 0 Å². The summed E-state index contributed by atoms with van der Waals surface area (Å²) in [4.78, 5) is 0. The molecule has 0 aliphatic rings. The third kappa shape index (κ3) is 4.07. The molecule has 2 rings (SSSR count). The SMILES string of the molecule is CCC(CC)Cn1nc(CNC(C)(C)C)c2ccccc21. The van der Waals surface area contributed by atoms with Crippen LogP contribution in [0.4, 0.5) is 0 Å². The molecule has 0 aliphatic carbocycles. The van der Waals surface area contributed by atoms with Gasteiger partial charge in [-0.05, 0) is 32.8 Å². The minimum Gasteiger partial charge on any atom is -0.306 e. The van der Waals surface area contributed by atoms with E-state index in [-0.39, 0.29) is 5.54 Å². The number of hydrogen-bond acceptors (Lipinski definition) is 2. The Kier molecular flexibility index (Phi) is 5.04. The number of aromatic nitrogens is 2. The van der Waals surface area contributed by atoms with Gasteiger partial charge in [-0.2, -0.15) is 5.10 Å². The molecule has 3 nitrogen and oxygen atoms in total. The fourth-order valence-corrected chi connectivity index (χ4v) is 2.61. The van der Waals surface area contributed by atoms with Crippen LogP contribution < -0.4 is 5.32 Å². The second-order valence-corrected chi connectivity index (χ2v) is 6.93. The zero-order chi connectivity index (χ0) is 15.5. The largest absolute Gasteiger partial charge is 0.306 e. The first kappa shape index (κ1) is 16.0. The number of rotatable bonds is 6. The minimum absolute atomic E-state index is 0.111. The van der Waals surface area contributed by atoms with Crippen molar-refractivity contribution in [3.8, 4) is 0 Å². The standard InChI is InChI=1S/C18H29N3/c1-6-14(7-2)13-21-17-11-9-8-10-15(17)16(20-21)12-19-18(3,4)5/h8-11,14,19H,6-7,12-13H2,1-5H3. The summed E-state index contributed by atoms with van der Waals surface area (Å²) in [5, 5.41) is 9.71. The molecule has 0 fully saturated rings. The van der Waals surface area contributed by atoms with E-state index in [0.717, 1.165) is 18.8 Å². The lowest BCUT2D eigenvalue weighted by molar-refractivity contribution is 0.394. The molecule has 3 heteroatoms. The van der Waals surface area contributed by atoms with E-state index in [0.29, 0.717) is 5.92 Å². The average molecular weight is 287 g/mol. The van der Waals surface area contributed by atoms with E-state index in [1.54, 1.807) is 0 Å². The maximum atomic E-state index is 4.88. The summed E-state index contributed by atoms with van der Waals surface area (Å²) in [6, 6.07) is 8.58. The average Bonchev–Trinajstić information content (AvgIpc) is 2.80. The Labute approximate surface area is 128 Å². The molecular weight excluding hydrogens is 258 g/mol. The van der Waals surface area contributed by atoms with Crippen LogP contribution in [0.15, 0.2) is 24.3 Å². The number of nitrogens with one attached hydrogen (secondary N) is 1. The third-order valence-corrected chi connectivity index (χ3v) is 4.11. The van der Waals surface area contributed by atoms with Gasteiger partial charge in [0.15, 0.2) is 0 Å². The zero-order valence-corrected chi connectivity index (χ0v) is 14.1. The van der Waals surface area contributed by atoms with Crippen molar-refractivity contribution in [3.05, 3.63) is 30.0 Å². The summed E-state index contributed by atoms with van der Waals surface area (Å²) in [7, 11) is 0. The molecule has 0 bridgehead atoms. The van der Waals surface area contributed by atoms with Crippen LogP contribution in [0.5, 0.6) is 0 Å². The van der Waals surface area contributed by atoms with Crippen LogP contribution in [-0.4, -0.2) is 15.3 Å². The van der Waals surface area contributed by atoms with Crippen LogP contribution >= 0.6 is 0 Å². The highest BCUT2D eigenvalue weighted by molar-refractivity contribution is 5.81. The van der Waals surface area contributed by atoms with Gasteiger partial charge in [0, 0.05) is 24.0 Å². The maximum absolute atomic E-state index is 4.88. The smallest absolute Gasteiger partial charge is 0.0841 e. The fourth-order valence-electron chi connectivity index (χ4n) is 2.61. The van der Waals surface area contributed by atoms with Crippen molar-refractivity contribution in [2.24, 2.45) is 5.92 Å². The Morgan fingerprint density at radius 3 is 2.43 bits per heavy atom. The first-order valence-electron chi connectivity index (χ1n) is 8.14. The van der Waals surface area contributed by atoms with Crippen molar-refractivity contribution in [1.82, 2.24) is 15.1 Å². The van der Waals surface area contributed by atoms with E-state index in [4.69, 9.17) is 5.10 Å². The predicted molar refractivity (Wildman–Crippen MR) is 90.4 cm³/mol. The topological polar surface area (TPSA) is 29.9 Å². The van der Waals surface area contributed by atoms with Crippen molar-refractivity contribution in [3.63, 3.8) is 0 Å². The highest BCUT2D eigenvalue weighted by atomic mass is 15.3. The van der Waals surface area contributed by atoms with Crippen LogP contribution in [0, 0.1) is 5.92 Å². The van der Waals surface area contributed by atoms with E-state index in [1.807, 2.05) is 0 Å². The Hall–Kier alpha value is -1.35. The summed E-state index contributed by atoms with van der Waals surface area (Å²) in [5.41, 5.74) is 2.53. The van der Waals surface area contributed by atoms with E-state index >= 15 is 0 Å². The number of para-hydroxylation sites is 1. The van der Waals surface area contributed by atoms with E-state index in [2.05, 4.69) is 68.9 Å². The molecule has 21 heavy (non-hydrogen) atoms. The molecule has 1 aromatic heterocycles. The van der Waals surface area contributed by atoms with E-state index in [9.17, 15) is 0 Å². The molecule has 0 radical (unpaired) electrons. The minimum atomic E-state index is 0.111. The van der Waals surface area contributed by atoms with Crippen LogP contribution in [-0.2, 0) is 13.1 Å². The van der Waals surface area contributed by atoms with Gasteiger partial charge in [0.25, 0.3) is 0 Å². The molecular formula is C18H29N3. The number of hydrogen-bond donors (Lipinski definition) is 1. The third-order valence-electron chi connectivity index (χ3n) is 4.11. The molecule has 0 atom stereocenters.